The largest absolute Gasteiger partial charge is 0.497 e. The van der Waals surface area contributed by atoms with Gasteiger partial charge in [-0.3, -0.25) is 0 Å². The molecule has 0 radical (unpaired) electrons. The average molecular weight is 511 g/mol. The molecular formula is C27H50O5Si2. The molecule has 0 bridgehead atoms. The molecule has 1 aromatic rings. The maximum Gasteiger partial charge on any atom is 0.192 e. The Hall–Kier alpha value is -0.706. The molecule has 0 aliphatic carbocycles. The Morgan fingerprint density at radius 2 is 1.44 bits per heavy atom. The predicted molar refractivity (Wildman–Crippen MR) is 146 cm³/mol. The Morgan fingerprint density at radius 3 is 1.94 bits per heavy atom. The van der Waals surface area contributed by atoms with Crippen LogP contribution < -0.4 is 4.74 Å². The first-order chi connectivity index (χ1) is 15.5. The van der Waals surface area contributed by atoms with Gasteiger partial charge in [-0.2, -0.15) is 0 Å². The van der Waals surface area contributed by atoms with E-state index >= 15 is 0 Å². The van der Waals surface area contributed by atoms with Gasteiger partial charge < -0.3 is 23.1 Å². The van der Waals surface area contributed by atoms with E-state index in [1.165, 1.54) is 0 Å². The lowest BCUT2D eigenvalue weighted by Crippen LogP contribution is -2.52. The monoisotopic (exact) mass is 510 g/mol. The molecule has 196 valence electrons. The van der Waals surface area contributed by atoms with Gasteiger partial charge in [-0.1, -0.05) is 53.7 Å². The Kier molecular flexibility index (Phi) is 9.67. The van der Waals surface area contributed by atoms with Crippen molar-refractivity contribution in [3.63, 3.8) is 0 Å². The van der Waals surface area contributed by atoms with Crippen LogP contribution in [0.2, 0.25) is 36.3 Å². The molecule has 0 N–H and O–H groups in total. The van der Waals surface area contributed by atoms with E-state index in [2.05, 4.69) is 74.7 Å². The molecule has 7 heteroatoms. The van der Waals surface area contributed by atoms with Crippen LogP contribution in [-0.2, 0) is 18.3 Å². The van der Waals surface area contributed by atoms with Gasteiger partial charge in [0.1, 0.15) is 5.75 Å². The van der Waals surface area contributed by atoms with E-state index in [4.69, 9.17) is 23.1 Å². The van der Waals surface area contributed by atoms with Crippen molar-refractivity contribution in [2.75, 3.05) is 13.7 Å². The van der Waals surface area contributed by atoms with Gasteiger partial charge in [-0.15, -0.1) is 0 Å². The maximum absolute atomic E-state index is 7.00. The highest BCUT2D eigenvalue weighted by Crippen LogP contribution is 2.41. The maximum atomic E-state index is 7.00. The van der Waals surface area contributed by atoms with E-state index in [0.717, 1.165) is 24.2 Å². The first-order valence-electron chi connectivity index (χ1n) is 12.7. The zero-order valence-electron chi connectivity index (χ0n) is 23.8. The highest BCUT2D eigenvalue weighted by Gasteiger charge is 2.44. The van der Waals surface area contributed by atoms with Crippen LogP contribution in [0.1, 0.15) is 73.2 Å². The molecule has 1 aliphatic heterocycles. The molecular weight excluding hydrogens is 460 g/mol. The fourth-order valence-corrected chi connectivity index (χ4v) is 6.40. The summed E-state index contributed by atoms with van der Waals surface area (Å²) in [7, 11) is -2.25. The number of ether oxygens (including phenoxy) is 3. The molecule has 0 amide bonds. The van der Waals surface area contributed by atoms with Crippen LogP contribution in [-0.4, -0.2) is 48.7 Å². The van der Waals surface area contributed by atoms with Crippen molar-refractivity contribution in [1.29, 1.82) is 0 Å². The summed E-state index contributed by atoms with van der Waals surface area (Å²) in [4.78, 5) is 0. The second-order valence-electron chi connectivity index (χ2n) is 12.8. The number of methoxy groups -OCH3 is 1. The van der Waals surface area contributed by atoms with Crippen LogP contribution in [0.25, 0.3) is 0 Å². The lowest BCUT2D eigenvalue weighted by atomic mass is 10.0. The Labute approximate surface area is 211 Å². The van der Waals surface area contributed by atoms with Gasteiger partial charge in [0.15, 0.2) is 22.9 Å². The van der Waals surface area contributed by atoms with Crippen molar-refractivity contribution in [2.24, 2.45) is 0 Å². The summed E-state index contributed by atoms with van der Waals surface area (Å²) in [6.45, 7) is 25.9. The number of hydrogen-bond acceptors (Lipinski definition) is 5. The quantitative estimate of drug-likeness (QED) is 0.319. The first kappa shape index (κ1) is 29.5. The Morgan fingerprint density at radius 1 is 0.912 bits per heavy atom. The lowest BCUT2D eigenvalue weighted by Gasteiger charge is -2.45. The second kappa shape index (κ2) is 11.1. The van der Waals surface area contributed by atoms with E-state index in [9.17, 15) is 0 Å². The summed E-state index contributed by atoms with van der Waals surface area (Å²) in [6.07, 6.45) is 1.33. The minimum absolute atomic E-state index is 0.000831. The molecule has 1 aliphatic rings. The second-order valence-corrected chi connectivity index (χ2v) is 22.3. The minimum Gasteiger partial charge on any atom is -0.497 e. The van der Waals surface area contributed by atoms with Crippen molar-refractivity contribution >= 4 is 16.6 Å². The summed E-state index contributed by atoms with van der Waals surface area (Å²) in [5, 5.41) is 0.279. The third-order valence-corrected chi connectivity index (χ3v) is 17.0. The molecule has 0 unspecified atom stereocenters. The van der Waals surface area contributed by atoms with Gasteiger partial charge in [0.25, 0.3) is 0 Å². The number of rotatable bonds is 9. The average Bonchev–Trinajstić information content (AvgIpc) is 2.71. The smallest absolute Gasteiger partial charge is 0.192 e. The zero-order chi connectivity index (χ0) is 25.9. The van der Waals surface area contributed by atoms with Gasteiger partial charge in [0, 0.05) is 12.0 Å². The van der Waals surface area contributed by atoms with Crippen molar-refractivity contribution < 1.29 is 23.1 Å². The molecule has 0 aromatic heterocycles. The summed E-state index contributed by atoms with van der Waals surface area (Å²) in [6, 6.07) is 7.92. The first-order valence-corrected chi connectivity index (χ1v) is 18.5. The number of hydrogen-bond donors (Lipinski definition) is 0. The van der Waals surface area contributed by atoms with E-state index in [-0.39, 0.29) is 34.7 Å². The van der Waals surface area contributed by atoms with Crippen LogP contribution in [0, 0.1) is 0 Å². The van der Waals surface area contributed by atoms with Crippen LogP contribution in [0.15, 0.2) is 24.3 Å². The summed E-state index contributed by atoms with van der Waals surface area (Å²) < 4.78 is 31.5. The normalized spacial score (nSPS) is 22.4. The molecule has 34 heavy (non-hydrogen) atoms. The van der Waals surface area contributed by atoms with Crippen molar-refractivity contribution in [2.45, 2.75) is 122 Å². The third-order valence-electron chi connectivity index (χ3n) is 7.97. The number of benzene rings is 1. The fraction of sp³-hybridized carbons (Fsp3) is 0.778. The van der Waals surface area contributed by atoms with Crippen molar-refractivity contribution in [3.05, 3.63) is 29.8 Å². The molecule has 2 rings (SSSR count). The highest BCUT2D eigenvalue weighted by molar-refractivity contribution is 6.74. The Bertz CT molecular complexity index is 765. The SMILES string of the molecule is COc1ccc([C@H]2OCC[C@@H](C[C@@H](O[Si](C)(C)C(C)(C)C)[C@@H](C)O[Si](C)(C)C(C)(C)C)O2)cc1. The van der Waals surface area contributed by atoms with Gasteiger partial charge >= 0.3 is 0 Å². The highest BCUT2D eigenvalue weighted by atomic mass is 28.4. The van der Waals surface area contributed by atoms with E-state index < -0.39 is 16.6 Å². The lowest BCUT2D eigenvalue weighted by molar-refractivity contribution is -0.223. The van der Waals surface area contributed by atoms with E-state index in [1.54, 1.807) is 7.11 Å². The van der Waals surface area contributed by atoms with Gasteiger partial charge in [-0.25, -0.2) is 0 Å². The summed E-state index contributed by atoms with van der Waals surface area (Å²) in [5.74, 6) is 0.829. The minimum atomic E-state index is -1.99. The predicted octanol–water partition coefficient (Wildman–Crippen LogP) is 7.69. The molecule has 1 aromatic carbocycles. The fourth-order valence-electron chi connectivity index (χ4n) is 3.57. The van der Waals surface area contributed by atoms with Gasteiger partial charge in [-0.05, 0) is 61.7 Å². The van der Waals surface area contributed by atoms with Crippen molar-refractivity contribution in [3.8, 4) is 5.75 Å². The van der Waals surface area contributed by atoms with Crippen LogP contribution in [0.3, 0.4) is 0 Å². The molecule has 4 atom stereocenters. The summed E-state index contributed by atoms with van der Waals surface area (Å²) >= 11 is 0. The third kappa shape index (κ3) is 7.64. The summed E-state index contributed by atoms with van der Waals surface area (Å²) in [5.41, 5.74) is 1.01. The van der Waals surface area contributed by atoms with Crippen LogP contribution >= 0.6 is 0 Å². The molecule has 1 saturated heterocycles. The van der Waals surface area contributed by atoms with Crippen molar-refractivity contribution in [1.82, 2.24) is 0 Å². The molecule has 1 heterocycles. The molecule has 0 saturated carbocycles. The standard InChI is InChI=1S/C27H50O5Si2/c1-20(31-33(9,10)26(2,3)4)24(32-34(11,12)27(5,6)7)19-23-17-18-29-25(30-23)21-13-15-22(28-8)16-14-21/h13-16,20,23-25H,17-19H2,1-12H3/t20-,23+,24-,25+/m1/s1. The molecule has 1 fully saturated rings. The molecule has 5 nitrogen and oxygen atoms in total. The Balaban J connectivity index is 2.20. The van der Waals surface area contributed by atoms with Crippen LogP contribution in [0.4, 0.5) is 0 Å². The van der Waals surface area contributed by atoms with E-state index in [0.29, 0.717) is 6.61 Å². The van der Waals surface area contributed by atoms with Gasteiger partial charge in [0.05, 0.1) is 32.0 Å². The van der Waals surface area contributed by atoms with Gasteiger partial charge in [0.2, 0.25) is 0 Å². The molecule has 0 spiro atoms. The van der Waals surface area contributed by atoms with E-state index in [1.807, 2.05) is 24.3 Å². The topological polar surface area (TPSA) is 46.2 Å². The zero-order valence-corrected chi connectivity index (χ0v) is 25.8. The van der Waals surface area contributed by atoms with Crippen LogP contribution in [0.5, 0.6) is 5.75 Å².